The summed E-state index contributed by atoms with van der Waals surface area (Å²) in [4.78, 5) is 23.6. The molecule has 0 radical (unpaired) electrons. The molecule has 1 aliphatic carbocycles. The van der Waals surface area contributed by atoms with E-state index >= 15 is 0 Å². The topological polar surface area (TPSA) is 103 Å². The van der Waals surface area contributed by atoms with E-state index in [0.29, 0.717) is 37.6 Å². The number of hydrogen-bond donors (Lipinski definition) is 3. The fourth-order valence-electron chi connectivity index (χ4n) is 3.18. The normalized spacial score (nSPS) is 23.7. The molecule has 0 aliphatic heterocycles. The second-order valence-electron chi connectivity index (χ2n) is 7.15. The van der Waals surface area contributed by atoms with Crippen molar-refractivity contribution in [3.8, 4) is 5.75 Å². The van der Waals surface area contributed by atoms with E-state index in [1.807, 2.05) is 20.8 Å². The molecule has 7 nitrogen and oxygen atoms in total. The first kappa shape index (κ1) is 20.2. The zero-order chi connectivity index (χ0) is 19.4. The van der Waals surface area contributed by atoms with Crippen molar-refractivity contribution in [1.82, 2.24) is 5.32 Å². The van der Waals surface area contributed by atoms with Gasteiger partial charge in [-0.05, 0) is 19.1 Å². The fourth-order valence-corrected chi connectivity index (χ4v) is 3.18. The first-order valence-corrected chi connectivity index (χ1v) is 8.90. The summed E-state index contributed by atoms with van der Waals surface area (Å²) >= 11 is 0. The quantitative estimate of drug-likeness (QED) is 0.610. The Morgan fingerprint density at radius 1 is 1.35 bits per heavy atom. The maximum absolute atomic E-state index is 12.5. The van der Waals surface area contributed by atoms with E-state index in [4.69, 9.17) is 15.2 Å². The van der Waals surface area contributed by atoms with Gasteiger partial charge < -0.3 is 25.8 Å². The van der Waals surface area contributed by atoms with Gasteiger partial charge in [-0.1, -0.05) is 19.9 Å². The van der Waals surface area contributed by atoms with Gasteiger partial charge in [-0.3, -0.25) is 9.59 Å². The molecule has 2 amide bonds. The lowest BCUT2D eigenvalue weighted by Gasteiger charge is -2.57. The number of nitrogens with two attached hydrogens (primary N) is 1. The van der Waals surface area contributed by atoms with E-state index in [2.05, 4.69) is 10.6 Å². The van der Waals surface area contributed by atoms with E-state index in [1.165, 1.54) is 6.92 Å². The number of rotatable bonds is 8. The first-order valence-electron chi connectivity index (χ1n) is 8.90. The van der Waals surface area contributed by atoms with Crippen LogP contribution in [0.2, 0.25) is 0 Å². The lowest BCUT2D eigenvalue weighted by atomic mass is 9.54. The van der Waals surface area contributed by atoms with E-state index in [9.17, 15) is 9.59 Å². The molecule has 1 fully saturated rings. The zero-order valence-electron chi connectivity index (χ0n) is 15.9. The van der Waals surface area contributed by atoms with Gasteiger partial charge in [-0.2, -0.15) is 0 Å². The lowest BCUT2D eigenvalue weighted by molar-refractivity contribution is -0.170. The molecule has 0 aromatic heterocycles. The minimum atomic E-state index is -0.932. The Balaban J connectivity index is 1.80. The van der Waals surface area contributed by atoms with Crippen LogP contribution in [0, 0.1) is 5.41 Å². The van der Waals surface area contributed by atoms with Crippen LogP contribution in [0.1, 0.15) is 34.1 Å². The zero-order valence-corrected chi connectivity index (χ0v) is 15.9. The van der Waals surface area contributed by atoms with Gasteiger partial charge in [0.2, 0.25) is 11.8 Å². The highest BCUT2D eigenvalue weighted by Crippen LogP contribution is 2.49. The largest absolute Gasteiger partial charge is 0.492 e. The van der Waals surface area contributed by atoms with E-state index in [-0.39, 0.29) is 17.9 Å². The van der Waals surface area contributed by atoms with Gasteiger partial charge in [-0.25, -0.2) is 0 Å². The number of ether oxygens (including phenoxy) is 2. The number of carbonyl (C=O) groups excluding carboxylic acids is 2. The Morgan fingerprint density at radius 3 is 2.69 bits per heavy atom. The highest BCUT2D eigenvalue weighted by Gasteiger charge is 2.62. The Morgan fingerprint density at radius 2 is 2.08 bits per heavy atom. The van der Waals surface area contributed by atoms with Crippen molar-refractivity contribution in [2.45, 2.75) is 45.8 Å². The van der Waals surface area contributed by atoms with Gasteiger partial charge in [0.25, 0.3) is 0 Å². The third-order valence-electron chi connectivity index (χ3n) is 5.05. The van der Waals surface area contributed by atoms with E-state index in [1.54, 1.807) is 24.3 Å². The summed E-state index contributed by atoms with van der Waals surface area (Å²) in [6.45, 7) is 8.56. The fraction of sp³-hybridized carbons (Fsp3) is 0.579. The second kappa shape index (κ2) is 8.05. The molecule has 2 unspecified atom stereocenters. The third-order valence-corrected chi connectivity index (χ3v) is 5.05. The summed E-state index contributed by atoms with van der Waals surface area (Å²) in [6, 6.07) is 7.09. The minimum absolute atomic E-state index is 0.00369. The Hall–Kier alpha value is -2.12. The van der Waals surface area contributed by atoms with Crippen molar-refractivity contribution in [3.63, 3.8) is 0 Å². The van der Waals surface area contributed by atoms with Crippen molar-refractivity contribution in [1.29, 1.82) is 0 Å². The summed E-state index contributed by atoms with van der Waals surface area (Å²) in [6.07, 6.45) is 0.509. The highest BCUT2D eigenvalue weighted by molar-refractivity contribution is 5.89. The minimum Gasteiger partial charge on any atom is -0.492 e. The number of carbonyl (C=O) groups is 2. The van der Waals surface area contributed by atoms with Crippen LogP contribution in [-0.2, 0) is 14.3 Å². The van der Waals surface area contributed by atoms with Gasteiger partial charge in [0.15, 0.2) is 0 Å². The molecular weight excluding hydrogens is 334 g/mol. The molecule has 144 valence electrons. The number of anilines is 1. The van der Waals surface area contributed by atoms with Gasteiger partial charge in [0.05, 0.1) is 12.6 Å². The molecule has 1 aromatic rings. The van der Waals surface area contributed by atoms with Gasteiger partial charge in [0, 0.05) is 37.1 Å². The number of nitrogens with one attached hydrogen (secondary N) is 2. The molecule has 0 saturated heterocycles. The molecule has 7 heteroatoms. The predicted molar refractivity (Wildman–Crippen MR) is 100.0 cm³/mol. The van der Waals surface area contributed by atoms with Crippen LogP contribution >= 0.6 is 0 Å². The average Bonchev–Trinajstić information content (AvgIpc) is 2.58. The van der Waals surface area contributed by atoms with Crippen molar-refractivity contribution in [2.75, 3.05) is 25.1 Å². The van der Waals surface area contributed by atoms with Gasteiger partial charge >= 0.3 is 0 Å². The van der Waals surface area contributed by atoms with Crippen LogP contribution in [0.25, 0.3) is 0 Å². The number of benzene rings is 1. The summed E-state index contributed by atoms with van der Waals surface area (Å²) in [7, 11) is 0. The van der Waals surface area contributed by atoms with Crippen LogP contribution in [-0.4, -0.2) is 43.2 Å². The SMILES string of the molecule is CCOC1CC(N)(C(=O)NCCOc2cccc(NC(C)=O)c2)C1(C)C. The Kier molecular flexibility index (Phi) is 6.26. The van der Waals surface area contributed by atoms with Crippen LogP contribution in [0.3, 0.4) is 0 Å². The number of amides is 2. The predicted octanol–water partition coefficient (Wildman–Crippen LogP) is 1.67. The van der Waals surface area contributed by atoms with Crippen molar-refractivity contribution >= 4 is 17.5 Å². The molecular formula is C19H29N3O4. The van der Waals surface area contributed by atoms with Gasteiger partial charge in [0.1, 0.15) is 17.9 Å². The molecule has 1 aliphatic rings. The second-order valence-corrected chi connectivity index (χ2v) is 7.15. The standard InChI is InChI=1S/C19H29N3O4/c1-5-25-16-12-19(20,18(16,3)4)17(24)21-9-10-26-15-8-6-7-14(11-15)22-13(2)23/h6-8,11,16H,5,9-10,12,20H2,1-4H3,(H,21,24)(H,22,23). The summed E-state index contributed by atoms with van der Waals surface area (Å²) in [5.74, 6) is 0.290. The molecule has 1 saturated carbocycles. The average molecular weight is 363 g/mol. The Labute approximate surface area is 154 Å². The summed E-state index contributed by atoms with van der Waals surface area (Å²) in [5.41, 5.74) is 5.65. The van der Waals surface area contributed by atoms with Crippen LogP contribution < -0.4 is 21.1 Å². The maximum atomic E-state index is 12.5. The molecule has 1 aromatic carbocycles. The van der Waals surface area contributed by atoms with E-state index < -0.39 is 11.0 Å². The molecule has 0 bridgehead atoms. The smallest absolute Gasteiger partial charge is 0.240 e. The first-order chi connectivity index (χ1) is 12.2. The molecule has 4 N–H and O–H groups in total. The lowest BCUT2D eigenvalue weighted by Crippen LogP contribution is -2.75. The third kappa shape index (κ3) is 4.16. The summed E-state index contributed by atoms with van der Waals surface area (Å²) < 4.78 is 11.3. The molecule has 2 rings (SSSR count). The van der Waals surface area contributed by atoms with Crippen molar-refractivity contribution in [2.24, 2.45) is 11.1 Å². The molecule has 26 heavy (non-hydrogen) atoms. The monoisotopic (exact) mass is 363 g/mol. The van der Waals surface area contributed by atoms with Crippen LogP contribution in [0.5, 0.6) is 5.75 Å². The molecule has 0 spiro atoms. The van der Waals surface area contributed by atoms with Gasteiger partial charge in [-0.15, -0.1) is 0 Å². The van der Waals surface area contributed by atoms with Crippen molar-refractivity contribution in [3.05, 3.63) is 24.3 Å². The number of hydrogen-bond acceptors (Lipinski definition) is 5. The molecule has 2 atom stereocenters. The Bertz CT molecular complexity index is 662. The van der Waals surface area contributed by atoms with Crippen molar-refractivity contribution < 1.29 is 19.1 Å². The highest BCUT2D eigenvalue weighted by atomic mass is 16.5. The summed E-state index contributed by atoms with van der Waals surface area (Å²) in [5, 5.41) is 5.54. The van der Waals surface area contributed by atoms with E-state index in [0.717, 1.165) is 0 Å². The maximum Gasteiger partial charge on any atom is 0.240 e. The van der Waals surface area contributed by atoms with Crippen LogP contribution in [0.4, 0.5) is 5.69 Å². The molecule has 0 heterocycles. The van der Waals surface area contributed by atoms with Crippen LogP contribution in [0.15, 0.2) is 24.3 Å².